The smallest absolute Gasteiger partial charge is 0.436 e. The zero-order valence-corrected chi connectivity index (χ0v) is 26.5. The van der Waals surface area contributed by atoms with Crippen LogP contribution in [0.4, 0.5) is 23.7 Å². The second-order valence-electron chi connectivity index (χ2n) is 8.88. The minimum Gasteiger partial charge on any atom is -0.452 e. The number of hydrogen-bond donors (Lipinski definition) is 2. The van der Waals surface area contributed by atoms with Crippen molar-refractivity contribution in [3.05, 3.63) is 84.4 Å². The highest BCUT2D eigenvalue weighted by molar-refractivity contribution is 9.10. The summed E-state index contributed by atoms with van der Waals surface area (Å²) in [6.07, 6.45) is -4.21. The zero-order valence-electron chi connectivity index (χ0n) is 22.6. The van der Waals surface area contributed by atoms with Gasteiger partial charge in [-0.3, -0.25) is 19.7 Å². The third-order valence-corrected chi connectivity index (χ3v) is 7.66. The fourth-order valence-electron chi connectivity index (χ4n) is 3.83. The molecule has 0 aliphatic heterocycles. The number of methoxy groups -OCH3 is 1. The maximum Gasteiger partial charge on any atom is 0.436 e. The number of benzene rings is 1. The van der Waals surface area contributed by atoms with Crippen LogP contribution < -0.4 is 10.7 Å². The van der Waals surface area contributed by atoms with E-state index in [0.29, 0.717) is 0 Å². The van der Waals surface area contributed by atoms with Gasteiger partial charge in [-0.1, -0.05) is 34.8 Å². The molecule has 12 nitrogen and oxygen atoms in total. The van der Waals surface area contributed by atoms with Crippen molar-refractivity contribution in [3.63, 3.8) is 0 Å². The Bertz CT molecular complexity index is 1780. The molecule has 0 saturated carbocycles. The highest BCUT2D eigenvalue weighted by atomic mass is 79.9. The van der Waals surface area contributed by atoms with E-state index in [4.69, 9.17) is 34.8 Å². The summed E-state index contributed by atoms with van der Waals surface area (Å²) in [4.78, 5) is 42.7. The number of nitrogens with zero attached hydrogens (tertiary/aromatic N) is 6. The van der Waals surface area contributed by atoms with Crippen molar-refractivity contribution in [2.24, 2.45) is 0 Å². The van der Waals surface area contributed by atoms with Crippen LogP contribution in [0.1, 0.15) is 37.9 Å². The lowest BCUT2D eigenvalue weighted by Crippen LogP contribution is -2.43. The lowest BCUT2D eigenvalue weighted by atomic mass is 10.1. The highest BCUT2D eigenvalue weighted by Gasteiger charge is 2.38. The number of ether oxygens (including phenoxy) is 1. The number of halogens is 7. The first-order valence-electron chi connectivity index (χ1n) is 12.0. The lowest BCUT2D eigenvalue weighted by molar-refractivity contribution is -0.142. The van der Waals surface area contributed by atoms with Gasteiger partial charge < -0.3 is 10.1 Å². The van der Waals surface area contributed by atoms with E-state index in [-0.39, 0.29) is 60.2 Å². The number of pyridine rings is 1. The summed E-state index contributed by atoms with van der Waals surface area (Å²) in [5, 5.41) is 11.3. The average Bonchev–Trinajstić information content (AvgIpc) is 3.50. The van der Waals surface area contributed by atoms with Crippen molar-refractivity contribution in [2.75, 3.05) is 19.5 Å². The number of amides is 3. The molecule has 0 saturated heterocycles. The van der Waals surface area contributed by atoms with Crippen LogP contribution in [0.25, 0.3) is 5.82 Å². The Balaban J connectivity index is 1.76. The van der Waals surface area contributed by atoms with Crippen LogP contribution in [0, 0.1) is 6.92 Å². The van der Waals surface area contributed by atoms with E-state index in [0.717, 1.165) is 21.5 Å². The standard InChI is InChI=1S/C25H19BrCl3F3N8O4/c1-11-18(26)20(25(30,31)32)36-39(11)10-13-9-17(40(35-13)21-15(28)5-4-6-33-21)23(42)34-19-14(7-12(27)8-16(19)29)22(41)37-38(2)24(43)44-3/h4-9H,10H2,1-3H3,(H,34,42)(H,37,41). The summed E-state index contributed by atoms with van der Waals surface area (Å²) in [6, 6.07) is 6.81. The van der Waals surface area contributed by atoms with Gasteiger partial charge in [0.1, 0.15) is 5.69 Å². The third kappa shape index (κ3) is 6.93. The van der Waals surface area contributed by atoms with Crippen LogP contribution >= 0.6 is 50.7 Å². The Hall–Kier alpha value is -3.86. The second-order valence-corrected chi connectivity index (χ2v) is 10.9. The number of hydrogen-bond acceptors (Lipinski definition) is 7. The lowest BCUT2D eigenvalue weighted by Gasteiger charge is -2.19. The molecule has 0 atom stereocenters. The Labute approximate surface area is 270 Å². The molecule has 0 fully saturated rings. The normalized spacial score (nSPS) is 11.3. The number of carbonyl (C=O) groups excluding carboxylic acids is 3. The van der Waals surface area contributed by atoms with E-state index in [1.54, 1.807) is 6.07 Å². The first-order chi connectivity index (χ1) is 20.6. The van der Waals surface area contributed by atoms with E-state index in [2.05, 4.69) is 46.6 Å². The quantitative estimate of drug-likeness (QED) is 0.226. The summed E-state index contributed by atoms with van der Waals surface area (Å²) in [5.41, 5.74) is 0.844. The van der Waals surface area contributed by atoms with Gasteiger partial charge in [-0.25, -0.2) is 19.5 Å². The fraction of sp³-hybridized carbons (Fsp3) is 0.200. The number of aromatic nitrogens is 5. The highest BCUT2D eigenvalue weighted by Crippen LogP contribution is 2.36. The average molecular weight is 739 g/mol. The van der Waals surface area contributed by atoms with Crippen LogP contribution in [-0.2, 0) is 17.5 Å². The molecule has 0 spiro atoms. The second kappa shape index (κ2) is 13.0. The van der Waals surface area contributed by atoms with E-state index >= 15 is 0 Å². The predicted octanol–water partition coefficient (Wildman–Crippen LogP) is 6.16. The van der Waals surface area contributed by atoms with Gasteiger partial charge in [-0.05, 0) is 53.2 Å². The molecule has 0 radical (unpaired) electrons. The molecule has 4 aromatic rings. The Kier molecular flexibility index (Phi) is 9.77. The molecule has 44 heavy (non-hydrogen) atoms. The van der Waals surface area contributed by atoms with Crippen molar-refractivity contribution < 1.29 is 32.3 Å². The van der Waals surface area contributed by atoms with Crippen LogP contribution in [0.3, 0.4) is 0 Å². The number of rotatable bonds is 6. The van der Waals surface area contributed by atoms with Gasteiger partial charge in [0, 0.05) is 18.3 Å². The summed E-state index contributed by atoms with van der Waals surface area (Å²) < 4.78 is 46.7. The molecular weight excluding hydrogens is 720 g/mol. The largest absolute Gasteiger partial charge is 0.452 e. The number of anilines is 1. The predicted molar refractivity (Wildman–Crippen MR) is 157 cm³/mol. The molecule has 2 N–H and O–H groups in total. The summed E-state index contributed by atoms with van der Waals surface area (Å²) >= 11 is 21.7. The van der Waals surface area contributed by atoms with E-state index in [1.165, 1.54) is 44.4 Å². The summed E-state index contributed by atoms with van der Waals surface area (Å²) in [5.74, 6) is -1.71. The van der Waals surface area contributed by atoms with Crippen LogP contribution in [0.2, 0.25) is 15.1 Å². The van der Waals surface area contributed by atoms with Gasteiger partial charge >= 0.3 is 12.3 Å². The van der Waals surface area contributed by atoms with Crippen molar-refractivity contribution >= 4 is 74.3 Å². The number of hydrazine groups is 1. The Morgan fingerprint density at radius 3 is 2.41 bits per heavy atom. The Morgan fingerprint density at radius 1 is 1.09 bits per heavy atom. The molecule has 19 heteroatoms. The minimum atomic E-state index is -4.71. The van der Waals surface area contributed by atoms with Crippen LogP contribution in [0.15, 0.2) is 41.0 Å². The van der Waals surface area contributed by atoms with Crippen LogP contribution in [0.5, 0.6) is 0 Å². The molecule has 3 amide bonds. The SMILES string of the molecule is COC(=O)N(C)NC(=O)c1cc(Cl)cc(Cl)c1NC(=O)c1cc(Cn2nc(C(F)(F)F)c(Br)c2C)nn1-c1ncccc1Cl. The fourth-order valence-corrected chi connectivity index (χ4v) is 5.08. The van der Waals surface area contributed by atoms with E-state index in [9.17, 15) is 27.6 Å². The number of nitrogens with one attached hydrogen (secondary N) is 2. The maximum atomic E-state index is 13.7. The Morgan fingerprint density at radius 2 is 1.80 bits per heavy atom. The van der Waals surface area contributed by atoms with Gasteiger partial charge in [0.15, 0.2) is 11.5 Å². The minimum absolute atomic E-state index is 0.0276. The van der Waals surface area contributed by atoms with Crippen molar-refractivity contribution in [1.29, 1.82) is 0 Å². The number of alkyl halides is 3. The molecule has 0 aliphatic carbocycles. The topological polar surface area (TPSA) is 136 Å². The molecule has 3 aromatic heterocycles. The first-order valence-corrected chi connectivity index (χ1v) is 14.0. The van der Waals surface area contributed by atoms with Gasteiger partial charge in [-0.15, -0.1) is 0 Å². The maximum absolute atomic E-state index is 13.7. The molecule has 0 aliphatic rings. The van der Waals surface area contributed by atoms with Crippen molar-refractivity contribution in [3.8, 4) is 5.82 Å². The molecule has 0 unspecified atom stereocenters. The van der Waals surface area contributed by atoms with Crippen molar-refractivity contribution in [1.82, 2.24) is 35.0 Å². The number of carbonyl (C=O) groups is 3. The molecule has 4 rings (SSSR count). The molecular formula is C25H19BrCl3F3N8O4. The zero-order chi connectivity index (χ0) is 32.5. The van der Waals surface area contributed by atoms with Gasteiger partial charge in [0.25, 0.3) is 11.8 Å². The van der Waals surface area contributed by atoms with Gasteiger partial charge in [-0.2, -0.15) is 23.4 Å². The van der Waals surface area contributed by atoms with Crippen LogP contribution in [-0.4, -0.2) is 61.6 Å². The van der Waals surface area contributed by atoms with Gasteiger partial charge in [0.05, 0.1) is 50.8 Å². The van der Waals surface area contributed by atoms with Gasteiger partial charge in [0.2, 0.25) is 0 Å². The monoisotopic (exact) mass is 736 g/mol. The molecule has 0 bridgehead atoms. The van der Waals surface area contributed by atoms with E-state index < -0.39 is 29.8 Å². The van der Waals surface area contributed by atoms with E-state index in [1.807, 2.05) is 0 Å². The molecule has 1 aromatic carbocycles. The molecule has 232 valence electrons. The third-order valence-electron chi connectivity index (χ3n) is 5.90. The van der Waals surface area contributed by atoms with Crippen molar-refractivity contribution in [2.45, 2.75) is 19.6 Å². The summed E-state index contributed by atoms with van der Waals surface area (Å²) in [7, 11) is 2.34. The summed E-state index contributed by atoms with van der Waals surface area (Å²) in [6.45, 7) is 1.16. The molecule has 3 heterocycles. The first kappa shape index (κ1) is 33.0.